The molecule has 0 heterocycles. The summed E-state index contributed by atoms with van der Waals surface area (Å²) in [6.07, 6.45) is 1.32. The minimum Gasteiger partial charge on any atom is -0.423 e. The summed E-state index contributed by atoms with van der Waals surface area (Å²) in [4.78, 5) is 36.4. The van der Waals surface area contributed by atoms with E-state index in [1.54, 1.807) is 24.3 Å². The topological polar surface area (TPSA) is 96.9 Å². The number of nitrogens with zero attached hydrogens (tertiary/aromatic N) is 1. The van der Waals surface area contributed by atoms with Crippen molar-refractivity contribution in [3.63, 3.8) is 0 Å². The first-order valence-corrected chi connectivity index (χ1v) is 10.2. The van der Waals surface area contributed by atoms with Crippen LogP contribution in [0.25, 0.3) is 10.8 Å². The standard InChI is InChI=1S/C26H18FN3O4/c27-22-10-4-3-9-21(22)26(33)34-19-14-12-17(13-15-19)16-28-30-25(32)24(31)29-23-11-5-7-18-6-1-2-8-20(18)23/h1-16H,(H,29,31)(H,30,32). The maximum absolute atomic E-state index is 13.7. The van der Waals surface area contributed by atoms with Crippen LogP contribution < -0.4 is 15.5 Å². The van der Waals surface area contributed by atoms with Gasteiger partial charge in [-0.3, -0.25) is 9.59 Å². The monoisotopic (exact) mass is 455 g/mol. The fourth-order valence-corrected chi connectivity index (χ4v) is 3.14. The average molecular weight is 455 g/mol. The number of amides is 2. The molecule has 2 N–H and O–H groups in total. The van der Waals surface area contributed by atoms with Crippen LogP contribution in [-0.2, 0) is 9.59 Å². The van der Waals surface area contributed by atoms with E-state index in [1.807, 2.05) is 30.3 Å². The van der Waals surface area contributed by atoms with E-state index in [0.717, 1.165) is 10.8 Å². The van der Waals surface area contributed by atoms with E-state index in [-0.39, 0.29) is 11.3 Å². The van der Waals surface area contributed by atoms with Crippen LogP contribution in [0.5, 0.6) is 5.75 Å². The van der Waals surface area contributed by atoms with Gasteiger partial charge in [0.05, 0.1) is 11.8 Å². The Morgan fingerprint density at radius 2 is 1.50 bits per heavy atom. The molecule has 0 aliphatic carbocycles. The molecule has 0 radical (unpaired) electrons. The zero-order valence-corrected chi connectivity index (χ0v) is 17.7. The number of halogens is 1. The highest BCUT2D eigenvalue weighted by molar-refractivity contribution is 6.40. The molecule has 0 atom stereocenters. The smallest absolute Gasteiger partial charge is 0.346 e. The summed E-state index contributed by atoms with van der Waals surface area (Å²) in [7, 11) is 0. The Labute approximate surface area is 193 Å². The first-order chi connectivity index (χ1) is 16.5. The molecule has 168 valence electrons. The molecule has 0 bridgehead atoms. The maximum Gasteiger partial charge on any atom is 0.346 e. The van der Waals surface area contributed by atoms with Crippen LogP contribution >= 0.6 is 0 Å². The summed E-state index contributed by atoms with van der Waals surface area (Å²) in [5, 5.41) is 8.09. The second-order valence-electron chi connectivity index (χ2n) is 7.12. The van der Waals surface area contributed by atoms with Crippen molar-refractivity contribution in [3.05, 3.63) is 108 Å². The number of carbonyl (C=O) groups excluding carboxylic acids is 3. The first kappa shape index (κ1) is 22.3. The molecule has 4 rings (SSSR count). The van der Waals surface area contributed by atoms with Crippen LogP contribution in [0.4, 0.5) is 10.1 Å². The van der Waals surface area contributed by atoms with E-state index < -0.39 is 23.6 Å². The Hall–Kier alpha value is -4.85. The van der Waals surface area contributed by atoms with Crippen LogP contribution in [0.15, 0.2) is 96.1 Å². The Kier molecular flexibility index (Phi) is 6.69. The van der Waals surface area contributed by atoms with E-state index in [1.165, 1.54) is 42.6 Å². The third kappa shape index (κ3) is 5.31. The summed E-state index contributed by atoms with van der Waals surface area (Å²) in [6.45, 7) is 0. The van der Waals surface area contributed by atoms with Gasteiger partial charge in [-0.2, -0.15) is 5.10 Å². The van der Waals surface area contributed by atoms with Crippen molar-refractivity contribution in [3.8, 4) is 5.75 Å². The normalized spacial score (nSPS) is 10.7. The number of rotatable bonds is 5. The van der Waals surface area contributed by atoms with Gasteiger partial charge >= 0.3 is 17.8 Å². The quantitative estimate of drug-likeness (QED) is 0.154. The fourth-order valence-electron chi connectivity index (χ4n) is 3.14. The zero-order valence-electron chi connectivity index (χ0n) is 17.7. The van der Waals surface area contributed by atoms with Gasteiger partial charge in [0.15, 0.2) is 0 Å². The Morgan fingerprint density at radius 1 is 0.794 bits per heavy atom. The molecular formula is C26H18FN3O4. The van der Waals surface area contributed by atoms with Crippen LogP contribution in [0.1, 0.15) is 15.9 Å². The maximum atomic E-state index is 13.7. The predicted molar refractivity (Wildman–Crippen MR) is 126 cm³/mol. The lowest BCUT2D eigenvalue weighted by Gasteiger charge is -2.07. The molecule has 0 saturated carbocycles. The van der Waals surface area contributed by atoms with Crippen molar-refractivity contribution in [1.82, 2.24) is 5.43 Å². The zero-order chi connectivity index (χ0) is 23.9. The van der Waals surface area contributed by atoms with Gasteiger partial charge in [-0.05, 0) is 53.4 Å². The minimum atomic E-state index is -0.931. The molecule has 2 amide bonds. The van der Waals surface area contributed by atoms with Gasteiger partial charge in [-0.15, -0.1) is 0 Å². The molecule has 8 heteroatoms. The van der Waals surface area contributed by atoms with Gasteiger partial charge in [0.25, 0.3) is 0 Å². The van der Waals surface area contributed by atoms with E-state index in [4.69, 9.17) is 4.74 Å². The number of anilines is 1. The number of benzene rings is 4. The van der Waals surface area contributed by atoms with Gasteiger partial charge in [0, 0.05) is 11.1 Å². The second-order valence-corrected chi connectivity index (χ2v) is 7.12. The lowest BCUT2D eigenvalue weighted by Crippen LogP contribution is -2.32. The van der Waals surface area contributed by atoms with Crippen LogP contribution in [0.2, 0.25) is 0 Å². The summed E-state index contributed by atoms with van der Waals surface area (Å²) in [6, 6.07) is 24.5. The van der Waals surface area contributed by atoms with E-state index in [0.29, 0.717) is 11.3 Å². The Morgan fingerprint density at radius 3 is 2.29 bits per heavy atom. The fraction of sp³-hybridized carbons (Fsp3) is 0. The number of ether oxygens (including phenoxy) is 1. The van der Waals surface area contributed by atoms with Crippen molar-refractivity contribution < 1.29 is 23.5 Å². The molecule has 4 aromatic rings. The van der Waals surface area contributed by atoms with Gasteiger partial charge < -0.3 is 10.1 Å². The molecule has 34 heavy (non-hydrogen) atoms. The lowest BCUT2D eigenvalue weighted by molar-refractivity contribution is -0.136. The molecule has 0 saturated heterocycles. The highest BCUT2D eigenvalue weighted by Crippen LogP contribution is 2.22. The molecule has 0 aromatic heterocycles. The molecule has 7 nitrogen and oxygen atoms in total. The Bertz CT molecular complexity index is 1400. The highest BCUT2D eigenvalue weighted by atomic mass is 19.1. The lowest BCUT2D eigenvalue weighted by atomic mass is 10.1. The predicted octanol–water partition coefficient (Wildman–Crippen LogP) is 4.29. The molecule has 0 spiro atoms. The summed E-state index contributed by atoms with van der Waals surface area (Å²) >= 11 is 0. The van der Waals surface area contributed by atoms with E-state index >= 15 is 0 Å². The van der Waals surface area contributed by atoms with Crippen molar-refractivity contribution in [1.29, 1.82) is 0 Å². The van der Waals surface area contributed by atoms with Crippen molar-refractivity contribution in [2.75, 3.05) is 5.32 Å². The number of carbonyl (C=O) groups is 3. The molecule has 0 unspecified atom stereocenters. The van der Waals surface area contributed by atoms with Crippen molar-refractivity contribution in [2.24, 2.45) is 5.10 Å². The molecular weight excluding hydrogens is 437 g/mol. The van der Waals surface area contributed by atoms with Gasteiger partial charge in [-0.25, -0.2) is 14.6 Å². The number of hydrazone groups is 1. The Balaban J connectivity index is 1.32. The van der Waals surface area contributed by atoms with E-state index in [9.17, 15) is 18.8 Å². The van der Waals surface area contributed by atoms with Gasteiger partial charge in [0.1, 0.15) is 11.6 Å². The minimum absolute atomic E-state index is 0.169. The largest absolute Gasteiger partial charge is 0.423 e. The third-order valence-corrected chi connectivity index (χ3v) is 4.81. The molecule has 0 aliphatic rings. The SMILES string of the molecule is O=C(NN=Cc1ccc(OC(=O)c2ccccc2F)cc1)C(=O)Nc1cccc2ccccc12. The number of nitrogens with one attached hydrogen (secondary N) is 2. The number of hydrogen-bond donors (Lipinski definition) is 2. The second kappa shape index (κ2) is 10.2. The van der Waals surface area contributed by atoms with Gasteiger partial charge in [-0.1, -0.05) is 48.5 Å². The number of fused-ring (bicyclic) bond motifs is 1. The van der Waals surface area contributed by atoms with Crippen LogP contribution in [0, 0.1) is 5.82 Å². The molecule has 0 fully saturated rings. The van der Waals surface area contributed by atoms with Crippen molar-refractivity contribution in [2.45, 2.75) is 0 Å². The van der Waals surface area contributed by atoms with Crippen molar-refractivity contribution >= 4 is 40.5 Å². The highest BCUT2D eigenvalue weighted by Gasteiger charge is 2.15. The number of hydrogen-bond acceptors (Lipinski definition) is 5. The van der Waals surface area contributed by atoms with Gasteiger partial charge in [0.2, 0.25) is 0 Å². The summed E-state index contributed by atoms with van der Waals surface area (Å²) < 4.78 is 18.8. The van der Waals surface area contributed by atoms with E-state index in [2.05, 4.69) is 15.8 Å². The third-order valence-electron chi connectivity index (χ3n) is 4.81. The van der Waals surface area contributed by atoms with Crippen LogP contribution in [0.3, 0.4) is 0 Å². The number of esters is 1. The average Bonchev–Trinajstić information content (AvgIpc) is 2.85. The van der Waals surface area contributed by atoms with Crippen LogP contribution in [-0.4, -0.2) is 24.0 Å². The first-order valence-electron chi connectivity index (χ1n) is 10.2. The molecule has 0 aliphatic heterocycles. The summed E-state index contributed by atoms with van der Waals surface area (Å²) in [5.74, 6) is -3.06. The summed E-state index contributed by atoms with van der Waals surface area (Å²) in [5.41, 5.74) is 3.08. The molecule has 4 aromatic carbocycles.